The van der Waals surface area contributed by atoms with E-state index in [0.29, 0.717) is 24.2 Å². The van der Waals surface area contributed by atoms with Crippen molar-refractivity contribution in [2.24, 2.45) is 0 Å². The summed E-state index contributed by atoms with van der Waals surface area (Å²) in [5.74, 6) is 2.58. The van der Waals surface area contributed by atoms with Gasteiger partial charge in [0.25, 0.3) is 5.91 Å². The van der Waals surface area contributed by atoms with Gasteiger partial charge in [0.1, 0.15) is 17.4 Å². The van der Waals surface area contributed by atoms with Crippen LogP contribution in [0.2, 0.25) is 0 Å². The van der Waals surface area contributed by atoms with Crippen molar-refractivity contribution in [3.63, 3.8) is 0 Å². The zero-order valence-electron chi connectivity index (χ0n) is 16.4. The molecule has 7 nitrogen and oxygen atoms in total. The van der Waals surface area contributed by atoms with Crippen molar-refractivity contribution >= 4 is 11.7 Å². The third-order valence-corrected chi connectivity index (χ3v) is 5.28. The van der Waals surface area contributed by atoms with E-state index < -0.39 is 0 Å². The summed E-state index contributed by atoms with van der Waals surface area (Å²) in [5.41, 5.74) is 6.80. The number of hydrogen-bond acceptors (Lipinski definition) is 6. The number of rotatable bonds is 5. The Morgan fingerprint density at radius 1 is 1.41 bits per heavy atom. The molecule has 1 aliphatic rings. The number of likely N-dealkylation sites (tertiary alicyclic amines) is 1. The number of aryl methyl sites for hydroxylation is 2. The molecular weight excluding hydrogens is 342 g/mol. The van der Waals surface area contributed by atoms with Gasteiger partial charge in [0.15, 0.2) is 5.76 Å². The van der Waals surface area contributed by atoms with Crippen molar-refractivity contribution in [1.29, 1.82) is 0 Å². The molecule has 2 aromatic rings. The second-order valence-corrected chi connectivity index (χ2v) is 7.26. The molecule has 27 heavy (non-hydrogen) atoms. The minimum Gasteiger partial charge on any atom is -0.456 e. The summed E-state index contributed by atoms with van der Waals surface area (Å²) in [5, 5.41) is 0. The predicted molar refractivity (Wildman–Crippen MR) is 104 cm³/mol. The topological polar surface area (TPSA) is 88.5 Å². The Labute approximate surface area is 160 Å². The number of carbonyl (C=O) groups is 1. The van der Waals surface area contributed by atoms with Gasteiger partial charge in [0, 0.05) is 31.7 Å². The summed E-state index contributed by atoms with van der Waals surface area (Å²) < 4.78 is 5.75. The summed E-state index contributed by atoms with van der Waals surface area (Å²) in [6, 6.07) is 3.95. The van der Waals surface area contributed by atoms with Gasteiger partial charge in [0.05, 0.1) is 6.54 Å². The lowest BCUT2D eigenvalue weighted by Gasteiger charge is -2.26. The van der Waals surface area contributed by atoms with Crippen molar-refractivity contribution < 1.29 is 9.21 Å². The Hall–Kier alpha value is -2.41. The molecule has 0 aromatic carbocycles. The molecule has 1 amide bonds. The van der Waals surface area contributed by atoms with Crippen LogP contribution >= 0.6 is 0 Å². The predicted octanol–water partition coefficient (Wildman–Crippen LogP) is 2.65. The van der Waals surface area contributed by atoms with Crippen molar-refractivity contribution in [2.45, 2.75) is 52.1 Å². The lowest BCUT2D eigenvalue weighted by molar-refractivity contribution is 0.0723. The highest BCUT2D eigenvalue weighted by Crippen LogP contribution is 2.21. The van der Waals surface area contributed by atoms with Gasteiger partial charge in [-0.2, -0.15) is 0 Å². The number of amides is 1. The van der Waals surface area contributed by atoms with Crippen molar-refractivity contribution in [3.8, 4) is 0 Å². The van der Waals surface area contributed by atoms with Gasteiger partial charge < -0.3 is 15.1 Å². The van der Waals surface area contributed by atoms with Crippen LogP contribution in [0.5, 0.6) is 0 Å². The van der Waals surface area contributed by atoms with E-state index in [4.69, 9.17) is 10.2 Å². The van der Waals surface area contributed by atoms with E-state index in [0.717, 1.165) is 55.9 Å². The molecule has 0 radical (unpaired) electrons. The average Bonchev–Trinajstić information content (AvgIpc) is 2.86. The van der Waals surface area contributed by atoms with Gasteiger partial charge >= 0.3 is 0 Å². The van der Waals surface area contributed by atoms with Crippen molar-refractivity contribution in [2.75, 3.05) is 25.9 Å². The number of nitrogen functional groups attached to an aromatic ring is 1. The molecule has 2 N–H and O–H groups in total. The van der Waals surface area contributed by atoms with Crippen LogP contribution in [0.1, 0.15) is 53.9 Å². The van der Waals surface area contributed by atoms with Crippen LogP contribution in [0.3, 0.4) is 0 Å². The third kappa shape index (κ3) is 4.66. The van der Waals surface area contributed by atoms with E-state index in [1.54, 1.807) is 12.3 Å². The first-order valence-corrected chi connectivity index (χ1v) is 9.64. The average molecular weight is 371 g/mol. The largest absolute Gasteiger partial charge is 0.456 e. The zero-order valence-corrected chi connectivity index (χ0v) is 16.4. The standard InChI is InChI=1S/C20H29N5O2/c1-4-16-14(2)12-17(27-16)20(26)25-10-5-6-15(8-11-25)24(3)13-19-22-9-7-18(21)23-19/h7,9,12,15H,4-6,8,10-11,13H2,1-3H3,(H2,21,22,23)/t15-/m1/s1. The van der Waals surface area contributed by atoms with E-state index in [1.165, 1.54) is 0 Å². The minimum absolute atomic E-state index is 0.000249. The Kier molecular flexibility index (Phi) is 6.11. The summed E-state index contributed by atoms with van der Waals surface area (Å²) in [4.78, 5) is 25.6. The highest BCUT2D eigenvalue weighted by Gasteiger charge is 2.26. The van der Waals surface area contributed by atoms with Crippen LogP contribution in [0, 0.1) is 6.92 Å². The van der Waals surface area contributed by atoms with Gasteiger partial charge in [-0.15, -0.1) is 0 Å². The van der Waals surface area contributed by atoms with Gasteiger partial charge in [-0.1, -0.05) is 6.92 Å². The first-order chi connectivity index (χ1) is 13.0. The van der Waals surface area contributed by atoms with Crippen molar-refractivity contribution in [1.82, 2.24) is 19.8 Å². The van der Waals surface area contributed by atoms with Crippen LogP contribution in [0.15, 0.2) is 22.7 Å². The number of nitrogens with zero attached hydrogens (tertiary/aromatic N) is 4. The molecule has 0 spiro atoms. The lowest BCUT2D eigenvalue weighted by atomic mass is 10.1. The second-order valence-electron chi connectivity index (χ2n) is 7.26. The molecule has 1 saturated heterocycles. The van der Waals surface area contributed by atoms with Gasteiger partial charge in [-0.05, 0) is 50.9 Å². The maximum absolute atomic E-state index is 12.8. The van der Waals surface area contributed by atoms with Crippen LogP contribution in [0.4, 0.5) is 5.82 Å². The molecule has 146 valence electrons. The summed E-state index contributed by atoms with van der Waals surface area (Å²) in [6.07, 6.45) is 5.43. The fourth-order valence-electron chi connectivity index (χ4n) is 3.70. The lowest BCUT2D eigenvalue weighted by Crippen LogP contribution is -2.35. The highest BCUT2D eigenvalue weighted by atomic mass is 16.4. The molecule has 3 heterocycles. The Balaban J connectivity index is 1.60. The molecule has 0 aliphatic carbocycles. The van der Waals surface area contributed by atoms with E-state index in [2.05, 4.69) is 21.9 Å². The van der Waals surface area contributed by atoms with E-state index >= 15 is 0 Å². The number of carbonyl (C=O) groups excluding carboxylic acids is 1. The van der Waals surface area contributed by atoms with Crippen LogP contribution in [-0.2, 0) is 13.0 Å². The summed E-state index contributed by atoms with van der Waals surface area (Å²) >= 11 is 0. The molecule has 0 unspecified atom stereocenters. The molecule has 1 fully saturated rings. The fraction of sp³-hybridized carbons (Fsp3) is 0.550. The minimum atomic E-state index is 0.000249. The maximum atomic E-state index is 12.8. The second kappa shape index (κ2) is 8.52. The van der Waals surface area contributed by atoms with Gasteiger partial charge in [-0.3, -0.25) is 9.69 Å². The smallest absolute Gasteiger partial charge is 0.289 e. The summed E-state index contributed by atoms with van der Waals surface area (Å²) in [7, 11) is 2.08. The fourth-order valence-corrected chi connectivity index (χ4v) is 3.70. The third-order valence-electron chi connectivity index (χ3n) is 5.28. The number of anilines is 1. The molecule has 2 aromatic heterocycles. The Bertz CT molecular complexity index is 788. The zero-order chi connectivity index (χ0) is 19.4. The maximum Gasteiger partial charge on any atom is 0.289 e. The van der Waals surface area contributed by atoms with Gasteiger partial charge in [0.2, 0.25) is 0 Å². The first kappa shape index (κ1) is 19.4. The number of furan rings is 1. The van der Waals surface area contributed by atoms with E-state index in [9.17, 15) is 4.79 Å². The Morgan fingerprint density at radius 3 is 2.93 bits per heavy atom. The molecule has 3 rings (SSSR count). The normalized spacial score (nSPS) is 17.9. The SMILES string of the molecule is CCc1oc(C(=O)N2CCC[C@@H](N(C)Cc3nccc(N)n3)CC2)cc1C. The monoisotopic (exact) mass is 371 g/mol. The van der Waals surface area contributed by atoms with Crippen LogP contribution in [0.25, 0.3) is 0 Å². The number of nitrogens with two attached hydrogens (primary N) is 1. The molecule has 7 heteroatoms. The quantitative estimate of drug-likeness (QED) is 0.869. The molecule has 1 aliphatic heterocycles. The van der Waals surface area contributed by atoms with Crippen LogP contribution in [-0.4, -0.2) is 51.9 Å². The number of aromatic nitrogens is 2. The van der Waals surface area contributed by atoms with Crippen molar-refractivity contribution in [3.05, 3.63) is 41.2 Å². The summed E-state index contributed by atoms with van der Waals surface area (Å²) in [6.45, 7) is 6.17. The Morgan fingerprint density at radius 2 is 2.22 bits per heavy atom. The van der Waals surface area contributed by atoms with Crippen LogP contribution < -0.4 is 5.73 Å². The highest BCUT2D eigenvalue weighted by molar-refractivity contribution is 5.91. The van der Waals surface area contributed by atoms with E-state index in [1.807, 2.05) is 24.8 Å². The number of hydrogen-bond donors (Lipinski definition) is 1. The molecule has 0 saturated carbocycles. The van der Waals surface area contributed by atoms with Gasteiger partial charge in [-0.25, -0.2) is 9.97 Å². The molecular formula is C20H29N5O2. The molecule has 1 atom stereocenters. The molecule has 0 bridgehead atoms. The van der Waals surface area contributed by atoms with E-state index in [-0.39, 0.29) is 5.91 Å². The first-order valence-electron chi connectivity index (χ1n) is 9.64.